The number of Topliss-reactive ketones (excluding diaryl/α,β-unsaturated/α-hetero) is 1. The number of ether oxygens (including phenoxy) is 2. The highest BCUT2D eigenvalue weighted by Gasteiger charge is 2.40. The lowest BCUT2D eigenvalue weighted by Crippen LogP contribution is -2.16. The summed E-state index contributed by atoms with van der Waals surface area (Å²) in [6.07, 6.45) is 1.95. The summed E-state index contributed by atoms with van der Waals surface area (Å²) in [7, 11) is 3.21. The maximum atomic E-state index is 12.8. The molecule has 1 aliphatic carbocycles. The summed E-state index contributed by atoms with van der Waals surface area (Å²) in [5.41, 5.74) is 3.29. The van der Waals surface area contributed by atoms with E-state index in [0.29, 0.717) is 11.5 Å². The number of hydrogen-bond donors (Lipinski definition) is 0. The number of benzene rings is 2. The van der Waals surface area contributed by atoms with Crippen molar-refractivity contribution in [2.24, 2.45) is 0 Å². The summed E-state index contributed by atoms with van der Waals surface area (Å²) in [6.45, 7) is 4.17. The monoisotopic (exact) mass is 308 g/mol. The molecule has 3 nitrogen and oxygen atoms in total. The zero-order valence-corrected chi connectivity index (χ0v) is 13.8. The Labute approximate surface area is 136 Å². The fraction of sp³-hybridized carbons (Fsp3) is 0.250. The molecule has 0 spiro atoms. The van der Waals surface area contributed by atoms with Crippen LogP contribution in [0.1, 0.15) is 35.3 Å². The third-order valence-corrected chi connectivity index (χ3v) is 4.48. The van der Waals surface area contributed by atoms with E-state index in [0.717, 1.165) is 22.3 Å². The van der Waals surface area contributed by atoms with E-state index in [-0.39, 0.29) is 11.2 Å². The second-order valence-corrected chi connectivity index (χ2v) is 6.17. The number of ketones is 1. The smallest absolute Gasteiger partial charge is 0.190 e. The van der Waals surface area contributed by atoms with Crippen molar-refractivity contribution in [3.05, 3.63) is 64.7 Å². The Kier molecular flexibility index (Phi) is 3.72. The molecule has 0 heterocycles. The van der Waals surface area contributed by atoms with Gasteiger partial charge in [-0.25, -0.2) is 0 Å². The van der Waals surface area contributed by atoms with E-state index < -0.39 is 0 Å². The largest absolute Gasteiger partial charge is 0.493 e. The first-order chi connectivity index (χ1) is 11.0. The SMILES string of the molecule is COc1ccc(/C=C2\C(=O)c3ccccc3C2(C)C)cc1OC. The van der Waals surface area contributed by atoms with Gasteiger partial charge in [-0.2, -0.15) is 0 Å². The lowest BCUT2D eigenvalue weighted by atomic mass is 9.82. The van der Waals surface area contributed by atoms with Gasteiger partial charge in [0.2, 0.25) is 0 Å². The van der Waals surface area contributed by atoms with Crippen molar-refractivity contribution in [1.29, 1.82) is 0 Å². The molecule has 0 radical (unpaired) electrons. The topological polar surface area (TPSA) is 35.5 Å². The zero-order valence-electron chi connectivity index (χ0n) is 13.8. The fourth-order valence-electron chi connectivity index (χ4n) is 3.16. The average molecular weight is 308 g/mol. The minimum absolute atomic E-state index is 0.0976. The third kappa shape index (κ3) is 2.42. The molecule has 0 saturated carbocycles. The standard InChI is InChI=1S/C20H20O3/c1-20(2)15-8-6-5-7-14(15)19(21)16(20)11-13-9-10-17(22-3)18(12-13)23-4/h5-12H,1-4H3/b16-11+. The quantitative estimate of drug-likeness (QED) is 0.795. The molecule has 0 aliphatic heterocycles. The number of methoxy groups -OCH3 is 2. The van der Waals surface area contributed by atoms with Crippen LogP contribution in [0.15, 0.2) is 48.0 Å². The van der Waals surface area contributed by atoms with Crippen LogP contribution in [0.5, 0.6) is 11.5 Å². The Bertz CT molecular complexity index is 800. The maximum Gasteiger partial charge on any atom is 0.190 e. The van der Waals surface area contributed by atoms with Gasteiger partial charge in [-0.05, 0) is 29.3 Å². The molecule has 2 aromatic carbocycles. The predicted octanol–water partition coefficient (Wildman–Crippen LogP) is 4.26. The van der Waals surface area contributed by atoms with Crippen LogP contribution in [-0.2, 0) is 5.41 Å². The lowest BCUT2D eigenvalue weighted by Gasteiger charge is -2.20. The van der Waals surface area contributed by atoms with Gasteiger partial charge in [0, 0.05) is 16.6 Å². The van der Waals surface area contributed by atoms with E-state index in [4.69, 9.17) is 9.47 Å². The highest BCUT2D eigenvalue weighted by molar-refractivity contribution is 6.17. The van der Waals surface area contributed by atoms with E-state index in [2.05, 4.69) is 13.8 Å². The number of hydrogen-bond acceptors (Lipinski definition) is 3. The average Bonchev–Trinajstić information content (AvgIpc) is 2.76. The summed E-state index contributed by atoms with van der Waals surface area (Å²) in [4.78, 5) is 12.8. The van der Waals surface area contributed by atoms with Gasteiger partial charge in [-0.1, -0.05) is 44.2 Å². The summed E-state index contributed by atoms with van der Waals surface area (Å²) in [5, 5.41) is 0. The number of carbonyl (C=O) groups is 1. The minimum Gasteiger partial charge on any atom is -0.493 e. The fourth-order valence-corrected chi connectivity index (χ4v) is 3.16. The van der Waals surface area contributed by atoms with Crippen molar-refractivity contribution in [2.45, 2.75) is 19.3 Å². The van der Waals surface area contributed by atoms with E-state index in [1.807, 2.05) is 48.5 Å². The van der Waals surface area contributed by atoms with Crippen molar-refractivity contribution in [1.82, 2.24) is 0 Å². The van der Waals surface area contributed by atoms with Crippen molar-refractivity contribution >= 4 is 11.9 Å². The molecule has 0 atom stereocenters. The van der Waals surface area contributed by atoms with Crippen molar-refractivity contribution in [3.63, 3.8) is 0 Å². The Morgan fingerprint density at radius 3 is 2.30 bits per heavy atom. The van der Waals surface area contributed by atoms with Crippen LogP contribution in [0.4, 0.5) is 0 Å². The van der Waals surface area contributed by atoms with Gasteiger partial charge in [-0.15, -0.1) is 0 Å². The van der Waals surface area contributed by atoms with Gasteiger partial charge in [-0.3, -0.25) is 4.79 Å². The molecular formula is C20H20O3. The zero-order chi connectivity index (χ0) is 16.6. The summed E-state index contributed by atoms with van der Waals surface area (Å²) in [6, 6.07) is 13.5. The molecule has 3 heteroatoms. The molecule has 23 heavy (non-hydrogen) atoms. The van der Waals surface area contributed by atoms with E-state index in [1.165, 1.54) is 0 Å². The van der Waals surface area contributed by atoms with Gasteiger partial charge < -0.3 is 9.47 Å². The van der Waals surface area contributed by atoms with Crippen molar-refractivity contribution < 1.29 is 14.3 Å². The second kappa shape index (κ2) is 5.58. The van der Waals surface area contributed by atoms with Crippen LogP contribution < -0.4 is 9.47 Å². The number of carbonyl (C=O) groups excluding carboxylic acids is 1. The third-order valence-electron chi connectivity index (χ3n) is 4.48. The predicted molar refractivity (Wildman–Crippen MR) is 91.3 cm³/mol. The van der Waals surface area contributed by atoms with Crippen LogP contribution in [0.2, 0.25) is 0 Å². The maximum absolute atomic E-state index is 12.8. The summed E-state index contributed by atoms with van der Waals surface area (Å²) in [5.74, 6) is 1.43. The highest BCUT2D eigenvalue weighted by atomic mass is 16.5. The Morgan fingerprint density at radius 1 is 0.957 bits per heavy atom. The van der Waals surface area contributed by atoms with Crippen LogP contribution in [0, 0.1) is 0 Å². The van der Waals surface area contributed by atoms with Gasteiger partial charge in [0.15, 0.2) is 17.3 Å². The molecule has 0 aromatic heterocycles. The summed E-state index contributed by atoms with van der Waals surface area (Å²) >= 11 is 0. The molecule has 2 aromatic rings. The van der Waals surface area contributed by atoms with Crippen LogP contribution in [0.25, 0.3) is 6.08 Å². The van der Waals surface area contributed by atoms with E-state index >= 15 is 0 Å². The van der Waals surface area contributed by atoms with Crippen molar-refractivity contribution in [3.8, 4) is 11.5 Å². The van der Waals surface area contributed by atoms with Crippen molar-refractivity contribution in [2.75, 3.05) is 14.2 Å². The molecule has 0 amide bonds. The molecule has 118 valence electrons. The Balaban J connectivity index is 2.09. The lowest BCUT2D eigenvalue weighted by molar-refractivity contribution is 0.103. The van der Waals surface area contributed by atoms with Gasteiger partial charge in [0.05, 0.1) is 14.2 Å². The van der Waals surface area contributed by atoms with Crippen LogP contribution in [-0.4, -0.2) is 20.0 Å². The van der Waals surface area contributed by atoms with Gasteiger partial charge >= 0.3 is 0 Å². The van der Waals surface area contributed by atoms with Crippen LogP contribution >= 0.6 is 0 Å². The first-order valence-electron chi connectivity index (χ1n) is 7.57. The molecule has 1 aliphatic rings. The molecular weight excluding hydrogens is 288 g/mol. The first-order valence-corrected chi connectivity index (χ1v) is 7.57. The van der Waals surface area contributed by atoms with E-state index in [9.17, 15) is 4.79 Å². The molecule has 0 N–H and O–H groups in total. The summed E-state index contributed by atoms with van der Waals surface area (Å²) < 4.78 is 10.6. The number of allylic oxidation sites excluding steroid dienone is 1. The van der Waals surface area contributed by atoms with Gasteiger partial charge in [0.1, 0.15) is 0 Å². The van der Waals surface area contributed by atoms with Crippen LogP contribution in [0.3, 0.4) is 0 Å². The minimum atomic E-state index is -0.305. The number of rotatable bonds is 3. The molecule has 3 rings (SSSR count). The molecule has 0 bridgehead atoms. The Hall–Kier alpha value is -2.55. The number of fused-ring (bicyclic) bond motifs is 1. The van der Waals surface area contributed by atoms with Gasteiger partial charge in [0.25, 0.3) is 0 Å². The molecule has 0 fully saturated rings. The van der Waals surface area contributed by atoms with E-state index in [1.54, 1.807) is 14.2 Å². The highest BCUT2D eigenvalue weighted by Crippen LogP contribution is 2.43. The normalized spacial score (nSPS) is 17.2. The molecule has 0 unspecified atom stereocenters. The molecule has 0 saturated heterocycles. The second-order valence-electron chi connectivity index (χ2n) is 6.17. The first kappa shape index (κ1) is 15.3. The Morgan fingerprint density at radius 2 is 1.65 bits per heavy atom.